The highest BCUT2D eigenvalue weighted by molar-refractivity contribution is 6.31. The van der Waals surface area contributed by atoms with Crippen molar-refractivity contribution in [2.75, 3.05) is 26.1 Å². The Balaban J connectivity index is 1.52. The van der Waals surface area contributed by atoms with Gasteiger partial charge >= 0.3 is 0 Å². The fraction of sp³-hybridized carbons (Fsp3) is 0.375. The molecule has 34 heavy (non-hydrogen) atoms. The summed E-state index contributed by atoms with van der Waals surface area (Å²) in [6.07, 6.45) is 4.65. The molecule has 1 fully saturated rings. The lowest BCUT2D eigenvalue weighted by molar-refractivity contribution is -0.125. The summed E-state index contributed by atoms with van der Waals surface area (Å²) in [4.78, 5) is 20.4. The smallest absolute Gasteiger partial charge is 0.246 e. The van der Waals surface area contributed by atoms with Gasteiger partial charge in [-0.25, -0.2) is 14.4 Å². The Morgan fingerprint density at radius 1 is 1.12 bits per heavy atom. The lowest BCUT2D eigenvalue weighted by Crippen LogP contribution is -2.41. The summed E-state index contributed by atoms with van der Waals surface area (Å²) in [6.45, 7) is 0.0628. The van der Waals surface area contributed by atoms with Crippen LogP contribution in [0.2, 0.25) is 5.02 Å². The first-order chi connectivity index (χ1) is 16.5. The van der Waals surface area contributed by atoms with Gasteiger partial charge in [-0.3, -0.25) is 4.79 Å². The lowest BCUT2D eigenvalue weighted by atomic mass is 9.93. The van der Waals surface area contributed by atoms with Crippen molar-refractivity contribution >= 4 is 39.9 Å². The second-order valence-corrected chi connectivity index (χ2v) is 8.50. The summed E-state index contributed by atoms with van der Waals surface area (Å²) in [7, 11) is 3.08. The Kier molecular flexibility index (Phi) is 7.64. The number of carbonyl (C=O) groups is 1. The molecule has 1 amide bonds. The summed E-state index contributed by atoms with van der Waals surface area (Å²) in [5.41, 5.74) is 1.26. The number of nitrogens with zero attached hydrogens (tertiary/aromatic N) is 2. The number of halogens is 2. The Morgan fingerprint density at radius 3 is 2.62 bits per heavy atom. The van der Waals surface area contributed by atoms with Crippen LogP contribution in [0.5, 0.6) is 11.5 Å². The molecule has 1 aliphatic carbocycles. The second-order valence-electron chi connectivity index (χ2n) is 8.09. The fourth-order valence-electron chi connectivity index (χ4n) is 4.03. The van der Waals surface area contributed by atoms with Crippen LogP contribution in [0.25, 0.3) is 10.9 Å². The molecule has 0 spiro atoms. The summed E-state index contributed by atoms with van der Waals surface area (Å²) in [5, 5.41) is 6.89. The van der Waals surface area contributed by atoms with Gasteiger partial charge in [-0.05, 0) is 49.9 Å². The minimum Gasteiger partial charge on any atom is -0.493 e. The highest BCUT2D eigenvalue weighted by atomic mass is 35.5. The van der Waals surface area contributed by atoms with E-state index >= 15 is 0 Å². The molecule has 0 aliphatic heterocycles. The van der Waals surface area contributed by atoms with Gasteiger partial charge in [0.25, 0.3) is 0 Å². The lowest BCUT2D eigenvalue weighted by Gasteiger charge is -2.30. The van der Waals surface area contributed by atoms with Crippen LogP contribution in [0.1, 0.15) is 25.7 Å². The van der Waals surface area contributed by atoms with Crippen molar-refractivity contribution in [3.63, 3.8) is 0 Å². The number of carbonyl (C=O) groups excluding carboxylic acids is 1. The van der Waals surface area contributed by atoms with Crippen LogP contribution in [0, 0.1) is 5.82 Å². The van der Waals surface area contributed by atoms with Crippen LogP contribution < -0.4 is 20.1 Å². The molecule has 1 heterocycles. The van der Waals surface area contributed by atoms with E-state index in [9.17, 15) is 9.18 Å². The van der Waals surface area contributed by atoms with E-state index in [-0.39, 0.29) is 29.7 Å². The van der Waals surface area contributed by atoms with Crippen molar-refractivity contribution < 1.29 is 23.4 Å². The van der Waals surface area contributed by atoms with Crippen LogP contribution in [-0.4, -0.2) is 48.8 Å². The molecule has 1 aliphatic rings. The van der Waals surface area contributed by atoms with E-state index in [1.54, 1.807) is 19.2 Å². The average molecular weight is 489 g/mol. The number of benzene rings is 2. The zero-order valence-corrected chi connectivity index (χ0v) is 19.7. The third kappa shape index (κ3) is 5.66. The molecule has 180 valence electrons. The number of fused-ring (bicyclic) bond motifs is 1. The predicted octanol–water partition coefficient (Wildman–Crippen LogP) is 4.63. The van der Waals surface area contributed by atoms with E-state index in [4.69, 9.17) is 25.8 Å². The van der Waals surface area contributed by atoms with Gasteiger partial charge in [-0.2, -0.15) is 0 Å². The van der Waals surface area contributed by atoms with Crippen molar-refractivity contribution in [1.29, 1.82) is 0 Å². The van der Waals surface area contributed by atoms with Crippen molar-refractivity contribution in [2.45, 2.75) is 37.8 Å². The molecule has 0 saturated heterocycles. The number of aromatic nitrogens is 2. The third-order valence-corrected chi connectivity index (χ3v) is 6.00. The minimum absolute atomic E-state index is 0.0149. The molecular formula is C24H26ClFN4O4. The van der Waals surface area contributed by atoms with Crippen molar-refractivity contribution in [3.05, 3.63) is 47.5 Å². The molecule has 0 bridgehead atoms. The van der Waals surface area contributed by atoms with E-state index in [2.05, 4.69) is 20.6 Å². The molecule has 2 aromatic carbocycles. The second kappa shape index (κ2) is 10.8. The number of anilines is 2. The van der Waals surface area contributed by atoms with Crippen LogP contribution >= 0.6 is 11.6 Å². The minimum atomic E-state index is -0.492. The van der Waals surface area contributed by atoms with E-state index in [1.165, 1.54) is 25.6 Å². The number of rotatable bonds is 8. The SMILES string of the molecule is COCC(=O)N[C@H]1CC[C@H](Oc2cc3c(Nc4ccc(F)c(Cl)c4)ncnc3cc2OC)CC1. The fourth-order valence-corrected chi connectivity index (χ4v) is 4.21. The van der Waals surface area contributed by atoms with Gasteiger partial charge in [0, 0.05) is 30.3 Å². The Morgan fingerprint density at radius 2 is 1.91 bits per heavy atom. The third-order valence-electron chi connectivity index (χ3n) is 5.71. The Labute approximate surface area is 201 Å². The molecule has 8 nitrogen and oxygen atoms in total. The number of nitrogens with one attached hydrogen (secondary N) is 2. The predicted molar refractivity (Wildman–Crippen MR) is 127 cm³/mol. The van der Waals surface area contributed by atoms with Crippen LogP contribution in [0.3, 0.4) is 0 Å². The average Bonchev–Trinajstić information content (AvgIpc) is 2.83. The molecular weight excluding hydrogens is 463 g/mol. The number of amides is 1. The normalized spacial score (nSPS) is 17.9. The first-order valence-corrected chi connectivity index (χ1v) is 11.3. The van der Waals surface area contributed by atoms with E-state index in [0.717, 1.165) is 31.1 Å². The maximum absolute atomic E-state index is 13.5. The molecule has 10 heteroatoms. The highest BCUT2D eigenvalue weighted by Crippen LogP contribution is 2.37. The monoisotopic (exact) mass is 488 g/mol. The molecule has 4 rings (SSSR count). The van der Waals surface area contributed by atoms with Gasteiger partial charge in [-0.1, -0.05) is 11.6 Å². The summed E-state index contributed by atoms with van der Waals surface area (Å²) in [5.74, 6) is 1.08. The summed E-state index contributed by atoms with van der Waals surface area (Å²) < 4.78 is 30.3. The topological polar surface area (TPSA) is 94.6 Å². The number of hydrogen-bond acceptors (Lipinski definition) is 7. The Hall–Kier alpha value is -3.17. The summed E-state index contributed by atoms with van der Waals surface area (Å²) in [6, 6.07) is 8.13. The molecule has 2 N–H and O–H groups in total. The van der Waals surface area contributed by atoms with Crippen LogP contribution in [0.4, 0.5) is 15.9 Å². The van der Waals surface area contributed by atoms with Gasteiger partial charge in [-0.15, -0.1) is 0 Å². The van der Waals surface area contributed by atoms with Crippen LogP contribution in [-0.2, 0) is 9.53 Å². The first-order valence-electron chi connectivity index (χ1n) is 11.0. The standard InChI is InChI=1S/C24H26ClFN4O4/c1-32-12-23(31)29-14-3-6-16(7-4-14)34-22-10-17-20(11-21(22)33-2)27-13-28-24(17)30-15-5-8-19(26)18(25)9-15/h5,8-11,13-14,16H,3-4,6-7,12H2,1-2H3,(H,29,31)(H,27,28,30)/t14-,16-. The van der Waals surface area contributed by atoms with Crippen molar-refractivity contribution in [1.82, 2.24) is 15.3 Å². The van der Waals surface area contributed by atoms with Crippen LogP contribution in [0.15, 0.2) is 36.7 Å². The van der Waals surface area contributed by atoms with E-state index in [1.807, 2.05) is 6.07 Å². The zero-order valence-electron chi connectivity index (χ0n) is 18.9. The number of ether oxygens (including phenoxy) is 3. The maximum Gasteiger partial charge on any atom is 0.246 e. The summed E-state index contributed by atoms with van der Waals surface area (Å²) >= 11 is 5.91. The Bertz CT molecular complexity index is 1170. The highest BCUT2D eigenvalue weighted by Gasteiger charge is 2.25. The maximum atomic E-state index is 13.5. The largest absolute Gasteiger partial charge is 0.493 e. The number of hydrogen-bond donors (Lipinski definition) is 2. The molecule has 0 unspecified atom stereocenters. The van der Waals surface area contributed by atoms with Gasteiger partial charge in [0.15, 0.2) is 11.5 Å². The quantitative estimate of drug-likeness (QED) is 0.477. The van der Waals surface area contributed by atoms with E-state index in [0.29, 0.717) is 28.5 Å². The molecule has 1 saturated carbocycles. The zero-order chi connectivity index (χ0) is 24.1. The molecule has 1 aromatic heterocycles. The van der Waals surface area contributed by atoms with E-state index < -0.39 is 5.82 Å². The van der Waals surface area contributed by atoms with Gasteiger partial charge in [0.05, 0.1) is 23.8 Å². The molecule has 3 aromatic rings. The first kappa shape index (κ1) is 24.0. The van der Waals surface area contributed by atoms with Crippen molar-refractivity contribution in [2.24, 2.45) is 0 Å². The molecule has 0 atom stereocenters. The molecule has 0 radical (unpaired) electrons. The van der Waals surface area contributed by atoms with Crippen molar-refractivity contribution in [3.8, 4) is 11.5 Å². The number of methoxy groups -OCH3 is 2. The van der Waals surface area contributed by atoms with Gasteiger partial charge in [0.1, 0.15) is 24.6 Å². The van der Waals surface area contributed by atoms with Gasteiger partial charge in [0.2, 0.25) is 5.91 Å². The van der Waals surface area contributed by atoms with Gasteiger partial charge < -0.3 is 24.8 Å².